The molecule has 0 heterocycles. The number of hydrogen-bond donors (Lipinski definition) is 0. The molecule has 3 heteroatoms. The summed E-state index contributed by atoms with van der Waals surface area (Å²) >= 11 is 5.60. The Hall–Kier alpha value is -0.860. The maximum Gasteiger partial charge on any atom is 0.177 e. The first-order valence-corrected chi connectivity index (χ1v) is 3.55. The molecule has 0 saturated carbocycles. The fourth-order valence-electron chi connectivity index (χ4n) is 0.738. The Bertz CT molecular complexity index is 255. The van der Waals surface area contributed by atoms with E-state index in [1.54, 1.807) is 24.3 Å². The van der Waals surface area contributed by atoms with Crippen LogP contribution < -0.4 is 5.73 Å². The van der Waals surface area contributed by atoms with Gasteiger partial charge in [0.25, 0.3) is 0 Å². The number of halogens is 1. The van der Waals surface area contributed by atoms with Crippen molar-refractivity contribution in [3.05, 3.63) is 34.9 Å². The number of nitrogens with one attached hydrogen (secondary N) is 1. The Morgan fingerprint density at radius 2 is 1.91 bits per heavy atom. The number of ketones is 1. The molecule has 57 valence electrons. The predicted octanol–water partition coefficient (Wildman–Crippen LogP) is 1.81. The highest BCUT2D eigenvalue weighted by Gasteiger charge is 2.01. The predicted molar refractivity (Wildman–Crippen MR) is 43.7 cm³/mol. The van der Waals surface area contributed by atoms with E-state index in [0.29, 0.717) is 10.6 Å². The second kappa shape index (κ2) is 3.51. The van der Waals surface area contributed by atoms with Crippen LogP contribution >= 0.6 is 11.6 Å². The lowest BCUT2D eigenvalue weighted by Gasteiger charge is -1.95. The van der Waals surface area contributed by atoms with E-state index in [4.69, 9.17) is 17.3 Å². The van der Waals surface area contributed by atoms with Gasteiger partial charge >= 0.3 is 0 Å². The van der Waals surface area contributed by atoms with Crippen molar-refractivity contribution in [1.82, 2.24) is 5.73 Å². The molecule has 0 bridgehead atoms. The molecule has 0 aliphatic heterocycles. The number of benzene rings is 1. The van der Waals surface area contributed by atoms with Crippen LogP contribution in [0.2, 0.25) is 5.02 Å². The fraction of sp³-hybridized carbons (Fsp3) is 0.125. The van der Waals surface area contributed by atoms with Crippen LogP contribution in [0.5, 0.6) is 0 Å². The van der Waals surface area contributed by atoms with Crippen LogP contribution in [-0.4, -0.2) is 12.3 Å². The molecule has 0 spiro atoms. The molecular formula is C8H7ClNO. The Labute approximate surface area is 70.0 Å². The summed E-state index contributed by atoms with van der Waals surface area (Å²) in [6.45, 7) is -0.207. The van der Waals surface area contributed by atoms with Crippen LogP contribution in [0.3, 0.4) is 0 Å². The number of carbonyl (C=O) groups is 1. The maximum absolute atomic E-state index is 10.9. The van der Waals surface area contributed by atoms with Crippen LogP contribution in [0.4, 0.5) is 0 Å². The van der Waals surface area contributed by atoms with Crippen LogP contribution in [-0.2, 0) is 0 Å². The smallest absolute Gasteiger partial charge is 0.177 e. The summed E-state index contributed by atoms with van der Waals surface area (Å²) in [6.07, 6.45) is 0. The summed E-state index contributed by atoms with van der Waals surface area (Å²) < 4.78 is 0. The second-order valence-corrected chi connectivity index (χ2v) is 2.54. The van der Waals surface area contributed by atoms with Crippen molar-refractivity contribution in [1.29, 1.82) is 0 Å². The highest BCUT2D eigenvalue weighted by atomic mass is 35.5. The van der Waals surface area contributed by atoms with Gasteiger partial charge in [-0.05, 0) is 24.3 Å². The highest BCUT2D eigenvalue weighted by Crippen LogP contribution is 2.09. The number of hydrogen-bond acceptors (Lipinski definition) is 1. The third-order valence-corrected chi connectivity index (χ3v) is 1.58. The van der Waals surface area contributed by atoms with Crippen molar-refractivity contribution >= 4 is 17.4 Å². The van der Waals surface area contributed by atoms with Gasteiger partial charge in [0.2, 0.25) is 0 Å². The topological polar surface area (TPSA) is 40.9 Å². The van der Waals surface area contributed by atoms with E-state index in [0.717, 1.165) is 0 Å². The van der Waals surface area contributed by atoms with Gasteiger partial charge in [-0.2, -0.15) is 0 Å². The highest BCUT2D eigenvalue weighted by molar-refractivity contribution is 6.30. The molecular weight excluding hydrogens is 162 g/mol. The van der Waals surface area contributed by atoms with Crippen molar-refractivity contribution < 1.29 is 4.79 Å². The Morgan fingerprint density at radius 1 is 1.36 bits per heavy atom. The van der Waals surface area contributed by atoms with Crippen molar-refractivity contribution in [2.24, 2.45) is 0 Å². The first kappa shape index (κ1) is 8.24. The quantitative estimate of drug-likeness (QED) is 0.621. The zero-order valence-electron chi connectivity index (χ0n) is 5.80. The van der Waals surface area contributed by atoms with E-state index < -0.39 is 0 Å². The normalized spacial score (nSPS) is 9.64. The van der Waals surface area contributed by atoms with E-state index in [9.17, 15) is 4.79 Å². The van der Waals surface area contributed by atoms with E-state index in [1.165, 1.54) is 0 Å². The van der Waals surface area contributed by atoms with Gasteiger partial charge in [-0.25, -0.2) is 5.73 Å². The lowest BCUT2D eigenvalue weighted by atomic mass is 10.1. The third-order valence-electron chi connectivity index (χ3n) is 1.33. The number of rotatable bonds is 2. The van der Waals surface area contributed by atoms with Gasteiger partial charge in [-0.15, -0.1) is 0 Å². The van der Waals surface area contributed by atoms with E-state index in [-0.39, 0.29) is 12.3 Å². The lowest BCUT2D eigenvalue weighted by molar-refractivity contribution is 0.0999. The Morgan fingerprint density at radius 3 is 2.36 bits per heavy atom. The molecule has 0 aliphatic rings. The number of carbonyl (C=O) groups excluding carboxylic acids is 1. The molecule has 1 radical (unpaired) electrons. The van der Waals surface area contributed by atoms with Crippen LogP contribution in [0.25, 0.3) is 0 Å². The minimum absolute atomic E-state index is 0.179. The summed E-state index contributed by atoms with van der Waals surface area (Å²) in [5.74, 6) is -0.179. The first-order valence-electron chi connectivity index (χ1n) is 3.17. The summed E-state index contributed by atoms with van der Waals surface area (Å²) in [5, 5.41) is 0.603. The number of Topliss-reactive ketones (excluding diaryl/α,β-unsaturated/α-hetero) is 1. The molecule has 0 aliphatic carbocycles. The molecule has 0 amide bonds. The molecule has 1 aromatic carbocycles. The first-order chi connectivity index (χ1) is 5.24. The van der Waals surface area contributed by atoms with Crippen molar-refractivity contribution in [2.75, 3.05) is 6.54 Å². The van der Waals surface area contributed by atoms with Gasteiger partial charge in [0.05, 0.1) is 6.54 Å². The van der Waals surface area contributed by atoms with Crippen molar-refractivity contribution in [3.63, 3.8) is 0 Å². The summed E-state index contributed by atoms with van der Waals surface area (Å²) in [4.78, 5) is 10.9. The summed E-state index contributed by atoms with van der Waals surface area (Å²) in [5.41, 5.74) is 7.36. The van der Waals surface area contributed by atoms with Gasteiger partial charge in [-0.1, -0.05) is 11.6 Å². The zero-order chi connectivity index (χ0) is 8.27. The molecule has 0 aromatic heterocycles. The molecule has 1 rings (SSSR count). The maximum atomic E-state index is 10.9. The van der Waals surface area contributed by atoms with Gasteiger partial charge in [0, 0.05) is 10.6 Å². The second-order valence-electron chi connectivity index (χ2n) is 2.11. The van der Waals surface area contributed by atoms with Crippen molar-refractivity contribution in [3.8, 4) is 0 Å². The molecule has 1 N–H and O–H groups in total. The SMILES string of the molecule is [NH]CC(=O)c1ccc(Cl)cc1. The molecule has 11 heavy (non-hydrogen) atoms. The average Bonchev–Trinajstić information content (AvgIpc) is 2.05. The molecule has 0 unspecified atom stereocenters. The third kappa shape index (κ3) is 2.03. The van der Waals surface area contributed by atoms with Crippen LogP contribution in [0.1, 0.15) is 10.4 Å². The van der Waals surface area contributed by atoms with Gasteiger partial charge < -0.3 is 0 Å². The minimum atomic E-state index is -0.207. The van der Waals surface area contributed by atoms with E-state index in [2.05, 4.69) is 0 Å². The lowest BCUT2D eigenvalue weighted by Crippen LogP contribution is -2.04. The summed E-state index contributed by atoms with van der Waals surface area (Å²) in [7, 11) is 0. The van der Waals surface area contributed by atoms with Crippen LogP contribution in [0, 0.1) is 0 Å². The average molecular weight is 169 g/mol. The van der Waals surface area contributed by atoms with Gasteiger partial charge in [-0.3, -0.25) is 4.79 Å². The van der Waals surface area contributed by atoms with E-state index in [1.807, 2.05) is 0 Å². The largest absolute Gasteiger partial charge is 0.293 e. The molecule has 0 saturated heterocycles. The summed E-state index contributed by atoms with van der Waals surface area (Å²) in [6, 6.07) is 6.54. The van der Waals surface area contributed by atoms with Crippen LogP contribution in [0.15, 0.2) is 24.3 Å². The van der Waals surface area contributed by atoms with Crippen molar-refractivity contribution in [2.45, 2.75) is 0 Å². The fourth-order valence-corrected chi connectivity index (χ4v) is 0.864. The Balaban J connectivity index is 2.90. The molecule has 0 atom stereocenters. The molecule has 0 fully saturated rings. The van der Waals surface area contributed by atoms with E-state index >= 15 is 0 Å². The zero-order valence-corrected chi connectivity index (χ0v) is 6.56. The Kier molecular flexibility index (Phi) is 2.63. The minimum Gasteiger partial charge on any atom is -0.293 e. The molecule has 2 nitrogen and oxygen atoms in total. The van der Waals surface area contributed by atoms with Gasteiger partial charge in [0.1, 0.15) is 0 Å². The van der Waals surface area contributed by atoms with Gasteiger partial charge in [0.15, 0.2) is 5.78 Å². The standard InChI is InChI=1S/C8H7ClNO/c9-7-3-1-6(2-4-7)8(11)5-10/h1-4,10H,5H2. The molecule has 1 aromatic rings. The monoisotopic (exact) mass is 168 g/mol.